The fraction of sp³-hybridized carbons (Fsp3) is 0.500. The minimum atomic E-state index is -1.04. The number of carbonyl (C=O) groups is 4. The van der Waals surface area contributed by atoms with Gasteiger partial charge in [0.25, 0.3) is 5.91 Å². The SMILES string of the molecule is CC(C[C@@H](C=O)NC(=O)[C@H](CC1CCCCC1)OC(=O)NCc1cccc(Cl)c1)C(=O)N(C)CCc1ccccc1. The monoisotopic (exact) mass is 583 g/mol. The number of ether oxygens (including phenoxy) is 1. The van der Waals surface area contributed by atoms with E-state index >= 15 is 0 Å². The molecule has 0 spiro atoms. The molecule has 0 bridgehead atoms. The van der Waals surface area contributed by atoms with Crippen molar-refractivity contribution in [1.29, 1.82) is 0 Å². The van der Waals surface area contributed by atoms with Crippen LogP contribution in [0.3, 0.4) is 0 Å². The lowest BCUT2D eigenvalue weighted by atomic mass is 9.85. The normalized spacial score (nSPS) is 15.7. The number of amides is 3. The molecular weight excluding hydrogens is 542 g/mol. The quantitative estimate of drug-likeness (QED) is 0.293. The summed E-state index contributed by atoms with van der Waals surface area (Å²) >= 11 is 6.02. The van der Waals surface area contributed by atoms with Gasteiger partial charge in [0.15, 0.2) is 6.10 Å². The molecule has 1 aliphatic rings. The van der Waals surface area contributed by atoms with Gasteiger partial charge in [-0.25, -0.2) is 4.79 Å². The average Bonchev–Trinajstić information content (AvgIpc) is 2.98. The number of rotatable bonds is 14. The lowest BCUT2D eigenvalue weighted by molar-refractivity contribution is -0.136. The maximum atomic E-state index is 13.3. The van der Waals surface area contributed by atoms with E-state index < -0.39 is 30.1 Å². The summed E-state index contributed by atoms with van der Waals surface area (Å²) in [6, 6.07) is 16.1. The van der Waals surface area contributed by atoms with Crippen molar-refractivity contribution < 1.29 is 23.9 Å². The van der Waals surface area contributed by atoms with E-state index in [0.29, 0.717) is 24.3 Å². The first kappa shape index (κ1) is 32.1. The second-order valence-electron chi connectivity index (χ2n) is 11.0. The molecule has 222 valence electrons. The van der Waals surface area contributed by atoms with Crippen molar-refractivity contribution in [3.8, 4) is 0 Å². The van der Waals surface area contributed by atoms with Crippen LogP contribution in [-0.4, -0.2) is 54.8 Å². The van der Waals surface area contributed by atoms with Gasteiger partial charge in [-0.1, -0.05) is 93.1 Å². The van der Waals surface area contributed by atoms with Gasteiger partial charge in [0.1, 0.15) is 6.29 Å². The zero-order valence-electron chi connectivity index (χ0n) is 24.0. The number of carbonyl (C=O) groups excluding carboxylic acids is 4. The molecular formula is C32H42ClN3O5. The molecule has 8 nitrogen and oxygen atoms in total. The van der Waals surface area contributed by atoms with Crippen LogP contribution in [0.5, 0.6) is 0 Å². The predicted molar refractivity (Wildman–Crippen MR) is 159 cm³/mol. The highest BCUT2D eigenvalue weighted by Gasteiger charge is 2.30. The Hall–Kier alpha value is -3.39. The van der Waals surface area contributed by atoms with E-state index in [1.807, 2.05) is 36.4 Å². The summed E-state index contributed by atoms with van der Waals surface area (Å²) in [5, 5.41) is 5.96. The summed E-state index contributed by atoms with van der Waals surface area (Å²) < 4.78 is 5.59. The number of alkyl carbamates (subject to hydrolysis) is 1. The number of hydrogen-bond acceptors (Lipinski definition) is 5. The van der Waals surface area contributed by atoms with Crippen LogP contribution in [0, 0.1) is 11.8 Å². The van der Waals surface area contributed by atoms with Gasteiger partial charge in [-0.3, -0.25) is 9.59 Å². The lowest BCUT2D eigenvalue weighted by Crippen LogP contribution is -2.47. The molecule has 41 heavy (non-hydrogen) atoms. The summed E-state index contributed by atoms with van der Waals surface area (Å²) in [4.78, 5) is 52.5. The second-order valence-corrected chi connectivity index (χ2v) is 11.4. The highest BCUT2D eigenvalue weighted by molar-refractivity contribution is 6.30. The maximum absolute atomic E-state index is 13.3. The fourth-order valence-electron chi connectivity index (χ4n) is 5.26. The minimum absolute atomic E-state index is 0.0996. The maximum Gasteiger partial charge on any atom is 0.408 e. The Morgan fingerprint density at radius 2 is 1.76 bits per heavy atom. The number of nitrogens with one attached hydrogen (secondary N) is 2. The standard InChI is InChI=1S/C32H42ClN3O5/c1-23(31(39)36(2)17-16-24-10-5-3-6-11-24)18-28(22-37)35-30(38)29(20-25-12-7-4-8-13-25)41-32(40)34-21-26-14-9-15-27(33)19-26/h3,5-6,9-11,14-15,19,22-23,25,28-29H,4,7-8,12-13,16-18,20-21H2,1-2H3,(H,34,40)(H,35,38)/t23?,28-,29-/m0/s1. The van der Waals surface area contributed by atoms with Gasteiger partial charge in [0.05, 0.1) is 6.04 Å². The minimum Gasteiger partial charge on any atom is -0.436 e. The molecule has 1 saturated carbocycles. The largest absolute Gasteiger partial charge is 0.436 e. The van der Waals surface area contributed by atoms with E-state index in [4.69, 9.17) is 16.3 Å². The van der Waals surface area contributed by atoms with E-state index in [1.165, 1.54) is 0 Å². The van der Waals surface area contributed by atoms with Crippen molar-refractivity contribution >= 4 is 35.8 Å². The van der Waals surface area contributed by atoms with E-state index in [1.54, 1.807) is 37.1 Å². The third kappa shape index (κ3) is 11.2. The highest BCUT2D eigenvalue weighted by atomic mass is 35.5. The topological polar surface area (TPSA) is 105 Å². The Labute approximate surface area is 248 Å². The molecule has 0 heterocycles. The van der Waals surface area contributed by atoms with Crippen molar-refractivity contribution in [3.63, 3.8) is 0 Å². The molecule has 2 aromatic carbocycles. The smallest absolute Gasteiger partial charge is 0.408 e. The van der Waals surface area contributed by atoms with Gasteiger partial charge in [0, 0.05) is 31.1 Å². The highest BCUT2D eigenvalue weighted by Crippen LogP contribution is 2.28. The number of hydrogen-bond donors (Lipinski definition) is 2. The van der Waals surface area contributed by atoms with Crippen LogP contribution in [0.1, 0.15) is 63.0 Å². The van der Waals surface area contributed by atoms with Crippen LogP contribution in [0.25, 0.3) is 0 Å². The fourth-order valence-corrected chi connectivity index (χ4v) is 5.47. The number of benzene rings is 2. The zero-order valence-corrected chi connectivity index (χ0v) is 24.8. The van der Waals surface area contributed by atoms with Crippen molar-refractivity contribution in [1.82, 2.24) is 15.5 Å². The van der Waals surface area contributed by atoms with E-state index in [-0.39, 0.29) is 24.8 Å². The molecule has 0 aliphatic heterocycles. The van der Waals surface area contributed by atoms with Gasteiger partial charge in [-0.15, -0.1) is 0 Å². The van der Waals surface area contributed by atoms with Crippen molar-refractivity contribution in [3.05, 3.63) is 70.7 Å². The van der Waals surface area contributed by atoms with Gasteiger partial charge in [-0.05, 0) is 48.4 Å². The van der Waals surface area contributed by atoms with Gasteiger partial charge >= 0.3 is 6.09 Å². The molecule has 9 heteroatoms. The van der Waals surface area contributed by atoms with Crippen LogP contribution in [0.2, 0.25) is 5.02 Å². The number of halogens is 1. The molecule has 3 atom stereocenters. The first-order valence-electron chi connectivity index (χ1n) is 14.5. The molecule has 1 fully saturated rings. The summed E-state index contributed by atoms with van der Waals surface area (Å²) in [5.74, 6) is -0.848. The van der Waals surface area contributed by atoms with Gasteiger partial charge in [0.2, 0.25) is 5.91 Å². The third-order valence-corrected chi connectivity index (χ3v) is 7.85. The van der Waals surface area contributed by atoms with Crippen molar-refractivity contribution in [2.45, 2.75) is 77.0 Å². The number of aldehydes is 1. The Morgan fingerprint density at radius 3 is 2.44 bits per heavy atom. The average molecular weight is 584 g/mol. The van der Waals surface area contributed by atoms with Crippen LogP contribution >= 0.6 is 11.6 Å². The lowest BCUT2D eigenvalue weighted by Gasteiger charge is -2.27. The van der Waals surface area contributed by atoms with Crippen LogP contribution in [-0.2, 0) is 32.1 Å². The molecule has 0 saturated heterocycles. The summed E-state index contributed by atoms with van der Waals surface area (Å²) in [5.41, 5.74) is 1.94. The Kier molecular flexibility index (Phi) is 13.1. The first-order chi connectivity index (χ1) is 19.7. The zero-order chi connectivity index (χ0) is 29.6. The van der Waals surface area contributed by atoms with E-state index in [2.05, 4.69) is 10.6 Å². The summed E-state index contributed by atoms with van der Waals surface area (Å²) in [7, 11) is 1.74. The Bertz CT molecular complexity index is 1140. The second kappa shape index (κ2) is 16.8. The molecule has 0 aromatic heterocycles. The number of nitrogens with zero attached hydrogens (tertiary/aromatic N) is 1. The molecule has 0 radical (unpaired) electrons. The predicted octanol–water partition coefficient (Wildman–Crippen LogP) is 5.32. The molecule has 1 aliphatic carbocycles. The Morgan fingerprint density at radius 1 is 1.05 bits per heavy atom. The van der Waals surface area contributed by atoms with E-state index in [9.17, 15) is 19.2 Å². The van der Waals surface area contributed by atoms with Gasteiger partial charge in [-0.2, -0.15) is 0 Å². The molecule has 2 aromatic rings. The molecule has 2 N–H and O–H groups in total. The third-order valence-electron chi connectivity index (χ3n) is 7.62. The summed E-state index contributed by atoms with van der Waals surface area (Å²) in [6.07, 6.45) is 5.40. The van der Waals surface area contributed by atoms with Gasteiger partial charge < -0.3 is 25.1 Å². The van der Waals surface area contributed by atoms with Crippen LogP contribution in [0.15, 0.2) is 54.6 Å². The van der Waals surface area contributed by atoms with Crippen molar-refractivity contribution in [2.75, 3.05) is 13.6 Å². The molecule has 3 rings (SSSR count). The summed E-state index contributed by atoms with van der Waals surface area (Å²) in [6.45, 7) is 2.50. The van der Waals surface area contributed by atoms with Crippen LogP contribution in [0.4, 0.5) is 4.79 Å². The van der Waals surface area contributed by atoms with E-state index in [0.717, 1.165) is 49.7 Å². The molecule has 3 amide bonds. The number of likely N-dealkylation sites (N-methyl/N-ethyl adjacent to an activating group) is 1. The van der Waals surface area contributed by atoms with Crippen molar-refractivity contribution in [2.24, 2.45) is 11.8 Å². The Balaban J connectivity index is 1.55. The molecule has 1 unspecified atom stereocenters. The first-order valence-corrected chi connectivity index (χ1v) is 14.9. The van der Waals surface area contributed by atoms with Crippen LogP contribution < -0.4 is 10.6 Å².